The molecule has 1 amide bonds. The molecule has 4 aliphatic rings. The molecule has 3 N–H and O–H groups in total. The van der Waals surface area contributed by atoms with E-state index in [1.54, 1.807) is 24.3 Å². The average Bonchev–Trinajstić information content (AvgIpc) is 3.22. The zero-order valence-corrected chi connectivity index (χ0v) is 34.5. The van der Waals surface area contributed by atoms with Crippen molar-refractivity contribution in [2.24, 2.45) is 22.9 Å². The number of allylic oxidation sites excluding steroid dienone is 1. The van der Waals surface area contributed by atoms with E-state index in [0.29, 0.717) is 55.4 Å². The number of rotatable bonds is 20. The van der Waals surface area contributed by atoms with Crippen LogP contribution in [0.5, 0.6) is 11.5 Å². The van der Waals surface area contributed by atoms with Crippen LogP contribution in [0.2, 0.25) is 0 Å². The van der Waals surface area contributed by atoms with E-state index >= 15 is 0 Å². The smallest absolute Gasteiger partial charge is 0.243 e. The Kier molecular flexibility index (Phi) is 14.9. The number of unbranched alkanes of at least 4 members (excludes halogenated alkanes) is 2. The van der Waals surface area contributed by atoms with Gasteiger partial charge in [-0.15, -0.1) is 6.58 Å². The third kappa shape index (κ3) is 9.37. The Morgan fingerprint density at radius 1 is 1.03 bits per heavy atom. The number of likely N-dealkylation sites (N-methyl/N-ethyl adjacent to an activating group) is 1. The second-order valence-corrected chi connectivity index (χ2v) is 17.5. The highest BCUT2D eigenvalue weighted by Gasteiger charge is 2.65. The Morgan fingerprint density at radius 2 is 1.78 bits per heavy atom. The second-order valence-electron chi connectivity index (χ2n) is 15.5. The predicted molar refractivity (Wildman–Crippen MR) is 221 cm³/mol. The number of anilines is 1. The van der Waals surface area contributed by atoms with Crippen molar-refractivity contribution in [1.29, 1.82) is 0 Å². The number of fused-ring (bicyclic) bond motifs is 2. The van der Waals surface area contributed by atoms with Crippen molar-refractivity contribution >= 4 is 27.3 Å². The lowest BCUT2D eigenvalue weighted by Crippen LogP contribution is -2.69. The minimum absolute atomic E-state index is 0.00818. The van der Waals surface area contributed by atoms with Crippen LogP contribution in [0.4, 0.5) is 5.69 Å². The number of aliphatic hydroxyl groups is 2. The van der Waals surface area contributed by atoms with Gasteiger partial charge in [0.05, 0.1) is 35.8 Å². The average molecular weight is 822 g/mol. The highest BCUT2D eigenvalue weighted by atomic mass is 32.2. The highest BCUT2D eigenvalue weighted by molar-refractivity contribution is 7.89. The molecule has 1 saturated heterocycles. The van der Waals surface area contributed by atoms with Crippen molar-refractivity contribution in [2.75, 3.05) is 45.4 Å². The maximum Gasteiger partial charge on any atom is 0.243 e. The number of oxime groups is 1. The molecule has 2 fully saturated rings. The van der Waals surface area contributed by atoms with Gasteiger partial charge in [0, 0.05) is 57.2 Å². The summed E-state index contributed by atoms with van der Waals surface area (Å²) in [6.07, 6.45) is 12.1. The van der Waals surface area contributed by atoms with Gasteiger partial charge < -0.3 is 39.3 Å². The zero-order chi connectivity index (χ0) is 41.3. The fraction of sp³-hybridized carbons (Fsp3) is 0.545. The summed E-state index contributed by atoms with van der Waals surface area (Å²) in [5.41, 5.74) is 2.83. The summed E-state index contributed by atoms with van der Waals surface area (Å²) >= 11 is 0. The summed E-state index contributed by atoms with van der Waals surface area (Å²) in [5, 5.41) is 27.2. The zero-order valence-electron chi connectivity index (χ0n) is 33.7. The molecule has 14 heteroatoms. The minimum atomic E-state index is -4.22. The van der Waals surface area contributed by atoms with Crippen molar-refractivity contribution in [2.45, 2.75) is 100 Å². The van der Waals surface area contributed by atoms with Gasteiger partial charge >= 0.3 is 0 Å². The van der Waals surface area contributed by atoms with E-state index in [2.05, 4.69) is 24.6 Å². The molecular formula is C44H59N3O10S. The van der Waals surface area contributed by atoms with Crippen LogP contribution in [-0.4, -0.2) is 92.8 Å². The van der Waals surface area contributed by atoms with Gasteiger partial charge in [0.15, 0.2) is 0 Å². The summed E-state index contributed by atoms with van der Waals surface area (Å²) < 4.78 is 56.9. The molecule has 0 aromatic heterocycles. The number of hydrogen-bond acceptors (Lipinski definition) is 11. The van der Waals surface area contributed by atoms with Gasteiger partial charge in [0.25, 0.3) is 0 Å². The summed E-state index contributed by atoms with van der Waals surface area (Å²) in [4.78, 5) is 17.9. The molecule has 0 spiro atoms. The van der Waals surface area contributed by atoms with Crippen LogP contribution < -0.4 is 14.8 Å². The van der Waals surface area contributed by atoms with E-state index in [4.69, 9.17) is 28.9 Å². The number of aliphatic hydroxyl groups excluding tert-OH is 2. The molecule has 2 heterocycles. The van der Waals surface area contributed by atoms with Gasteiger partial charge in [0.1, 0.15) is 18.1 Å². The number of ether oxygens (including phenoxy) is 4. The summed E-state index contributed by atoms with van der Waals surface area (Å²) in [6, 6.07) is 10.8. The first-order valence-electron chi connectivity index (χ1n) is 20.5. The van der Waals surface area contributed by atoms with Crippen LogP contribution in [-0.2, 0) is 29.1 Å². The molecule has 316 valence electrons. The van der Waals surface area contributed by atoms with Gasteiger partial charge in [0.2, 0.25) is 28.0 Å². The normalized spacial score (nSPS) is 27.1. The molecule has 6 rings (SSSR count). The Bertz CT molecular complexity index is 1910. The summed E-state index contributed by atoms with van der Waals surface area (Å²) in [6.45, 7) is 10.3. The topological polar surface area (TPSA) is 165 Å². The van der Waals surface area contributed by atoms with E-state index in [-0.39, 0.29) is 54.8 Å². The van der Waals surface area contributed by atoms with E-state index in [9.17, 15) is 23.4 Å². The van der Waals surface area contributed by atoms with Gasteiger partial charge in [-0.25, -0.2) is 8.42 Å². The fourth-order valence-electron chi connectivity index (χ4n) is 9.11. The first-order valence-corrected chi connectivity index (χ1v) is 22.0. The molecule has 1 saturated carbocycles. The number of sulfonamides is 1. The molecule has 1 unspecified atom stereocenters. The Balaban J connectivity index is 1.57. The van der Waals surface area contributed by atoms with Crippen molar-refractivity contribution in [3.05, 3.63) is 85.0 Å². The number of carbonyl (C=O) groups is 1. The Morgan fingerprint density at radius 3 is 2.45 bits per heavy atom. The molecular weight excluding hydrogens is 763 g/mol. The van der Waals surface area contributed by atoms with E-state index in [1.165, 1.54) is 30.4 Å². The van der Waals surface area contributed by atoms with Crippen LogP contribution >= 0.6 is 0 Å². The number of nitrogens with one attached hydrogen (secondary N) is 1. The maximum atomic E-state index is 14.8. The van der Waals surface area contributed by atoms with Crippen LogP contribution in [0.3, 0.4) is 0 Å². The lowest BCUT2D eigenvalue weighted by atomic mass is 9.55. The Labute approximate surface area is 342 Å². The number of nitrogens with zero attached hydrogens (tertiary/aromatic N) is 2. The quantitative estimate of drug-likeness (QED) is 0.0745. The standard InChI is InChI=1S/C44H59N3O10S/c1-5-24-53-33-18-21-39-37(28-33)42-35(14-8-11-23-49)31(13-7-10-22-48)27-36-38(46-57-41-15-9-12-26-54-41)29-40(44(56-39,43(36)42)55-25-6-2)47(4)58(51,52)34-19-16-32(17-20-34)45-30(3)50/h5-6,16-21,27-28,31,35,40-43,48-49H,1-2,7-15,22-26,29H2,3-4H3,(H,45,50)/t31-,35+,40-,41?,42+,43+,44+/m0/s1. The SMILES string of the molecule is C=CCOc1ccc2c(c1)[C@H]1[C@H](CCCCO)[C@@H](CCCCO)C=C3C(=NOC4CCCCO4)C[C@H](N(C)S(=O)(=O)c4ccc(NC(C)=O)cc4)[C@@](OCC=C)(O2)[C@H]31. The van der Waals surface area contributed by atoms with Crippen LogP contribution in [0.15, 0.2) is 89.5 Å². The highest BCUT2D eigenvalue weighted by Crippen LogP contribution is 2.62. The van der Waals surface area contributed by atoms with Crippen LogP contribution in [0.1, 0.15) is 82.6 Å². The maximum absolute atomic E-state index is 14.8. The van der Waals surface area contributed by atoms with Gasteiger partial charge in [-0.2, -0.15) is 4.31 Å². The van der Waals surface area contributed by atoms with E-state index in [0.717, 1.165) is 49.7 Å². The predicted octanol–water partition coefficient (Wildman–Crippen LogP) is 6.69. The third-order valence-corrected chi connectivity index (χ3v) is 13.6. The van der Waals surface area contributed by atoms with E-state index < -0.39 is 34.1 Å². The van der Waals surface area contributed by atoms with Crippen LogP contribution in [0.25, 0.3) is 0 Å². The van der Waals surface area contributed by atoms with Gasteiger partial charge in [-0.3, -0.25) is 4.79 Å². The van der Waals surface area contributed by atoms with Crippen molar-refractivity contribution < 1.29 is 47.2 Å². The monoisotopic (exact) mass is 821 g/mol. The van der Waals surface area contributed by atoms with Gasteiger partial charge in [-0.1, -0.05) is 42.8 Å². The number of carbonyl (C=O) groups excluding carboxylic acids is 1. The largest absolute Gasteiger partial charge is 0.490 e. The minimum Gasteiger partial charge on any atom is -0.490 e. The first-order chi connectivity index (χ1) is 28.1. The van der Waals surface area contributed by atoms with Crippen molar-refractivity contribution in [3.8, 4) is 11.5 Å². The summed E-state index contributed by atoms with van der Waals surface area (Å²) in [5.74, 6) is -1.43. The molecule has 2 aliphatic carbocycles. The number of hydrogen-bond donors (Lipinski definition) is 3. The molecule has 58 heavy (non-hydrogen) atoms. The molecule has 2 aromatic rings. The first kappa shape index (κ1) is 43.5. The lowest BCUT2D eigenvalue weighted by molar-refractivity contribution is -0.250. The van der Waals surface area contributed by atoms with E-state index in [1.807, 2.05) is 18.2 Å². The molecule has 2 aromatic carbocycles. The number of benzene rings is 2. The fourth-order valence-corrected chi connectivity index (χ4v) is 10.5. The van der Waals surface area contributed by atoms with Gasteiger partial charge in [-0.05, 0) is 98.4 Å². The molecule has 7 atom stereocenters. The van der Waals surface area contributed by atoms with Crippen molar-refractivity contribution in [3.63, 3.8) is 0 Å². The third-order valence-electron chi connectivity index (χ3n) is 11.7. The summed E-state index contributed by atoms with van der Waals surface area (Å²) in [7, 11) is -2.68. The molecule has 0 bridgehead atoms. The second kappa shape index (κ2) is 19.8. The lowest BCUT2D eigenvalue weighted by Gasteiger charge is -2.59. The Hall–Kier alpha value is -4.05. The molecule has 0 radical (unpaired) electrons. The number of amides is 1. The molecule has 2 aliphatic heterocycles. The van der Waals surface area contributed by atoms with Crippen molar-refractivity contribution in [1.82, 2.24) is 4.31 Å². The van der Waals surface area contributed by atoms with Crippen LogP contribution in [0, 0.1) is 17.8 Å². The molecule has 13 nitrogen and oxygen atoms in total.